The van der Waals surface area contributed by atoms with Gasteiger partial charge >= 0.3 is 6.03 Å². The summed E-state index contributed by atoms with van der Waals surface area (Å²) < 4.78 is 1.26. The van der Waals surface area contributed by atoms with E-state index >= 15 is 0 Å². The molecule has 0 aliphatic heterocycles. The number of nitrogens with two attached hydrogens (primary N) is 2. The molecule has 0 spiro atoms. The van der Waals surface area contributed by atoms with Crippen LogP contribution in [0.3, 0.4) is 0 Å². The largest absolute Gasteiger partial charge is 0.375 e. The number of aryl methyl sites for hydroxylation is 1. The number of rotatable bonds is 3. The Hall–Kier alpha value is -3.52. The average Bonchev–Trinajstić information content (AvgIpc) is 3.25. The van der Waals surface area contributed by atoms with Crippen molar-refractivity contribution in [2.75, 3.05) is 5.73 Å². The zero-order valence-corrected chi connectivity index (χ0v) is 18.7. The minimum Gasteiger partial charge on any atom is -0.375 e. The van der Waals surface area contributed by atoms with E-state index in [0.717, 1.165) is 32.8 Å². The molecular formula is C23H24N6OS. The molecule has 0 saturated heterocycles. The van der Waals surface area contributed by atoms with E-state index in [4.69, 9.17) is 11.5 Å². The number of thiazole rings is 1. The highest BCUT2D eigenvalue weighted by molar-refractivity contribution is 7.18. The molecular weight excluding hydrogens is 408 g/mol. The van der Waals surface area contributed by atoms with Crippen LogP contribution in [0, 0.1) is 6.92 Å². The highest BCUT2D eigenvalue weighted by atomic mass is 32.1. The molecule has 4 aromatic rings. The lowest BCUT2D eigenvalue weighted by Crippen LogP contribution is -2.20. The number of nitrogens with zero attached hydrogens (tertiary/aromatic N) is 4. The summed E-state index contributed by atoms with van der Waals surface area (Å²) in [5.41, 5.74) is 16.4. The van der Waals surface area contributed by atoms with E-state index in [1.165, 1.54) is 16.0 Å². The summed E-state index contributed by atoms with van der Waals surface area (Å²) in [6.45, 7) is 8.32. The van der Waals surface area contributed by atoms with Crippen molar-refractivity contribution < 1.29 is 4.79 Å². The number of nitrogen functional groups attached to an aromatic ring is 1. The number of anilines is 1. The second-order valence-electron chi connectivity index (χ2n) is 8.36. The number of benzene rings is 1. The van der Waals surface area contributed by atoms with Gasteiger partial charge in [-0.3, -0.25) is 4.98 Å². The summed E-state index contributed by atoms with van der Waals surface area (Å²) in [6, 6.07) is 9.11. The predicted molar refractivity (Wildman–Crippen MR) is 127 cm³/mol. The number of fused-ring (bicyclic) bond motifs is 1. The number of carbonyl (C=O) groups is 1. The smallest absolute Gasteiger partial charge is 0.340 e. The zero-order chi connectivity index (χ0) is 22.3. The second kappa shape index (κ2) is 7.63. The molecule has 1 amide bonds. The van der Waals surface area contributed by atoms with E-state index < -0.39 is 6.03 Å². The molecule has 4 rings (SSSR count). The summed E-state index contributed by atoms with van der Waals surface area (Å²) in [7, 11) is 0. The van der Waals surface area contributed by atoms with Gasteiger partial charge < -0.3 is 11.5 Å². The van der Waals surface area contributed by atoms with Gasteiger partial charge in [-0.2, -0.15) is 9.78 Å². The van der Waals surface area contributed by atoms with Gasteiger partial charge in [0.05, 0.1) is 27.5 Å². The molecule has 0 radical (unpaired) electrons. The fourth-order valence-corrected chi connectivity index (χ4v) is 4.43. The first-order valence-corrected chi connectivity index (χ1v) is 10.7. The molecule has 0 aliphatic rings. The van der Waals surface area contributed by atoms with E-state index in [2.05, 4.69) is 41.9 Å². The Morgan fingerprint density at radius 3 is 2.55 bits per heavy atom. The monoisotopic (exact) mass is 432 g/mol. The zero-order valence-electron chi connectivity index (χ0n) is 17.9. The maximum atomic E-state index is 12.2. The SMILES string of the molecule is Cc1nc(N)sc1-c1cc(C(C)(C)C)c2c(/C=C/c3ccccn3)nn(C(N)=O)c2c1. The minimum atomic E-state index is -0.639. The van der Waals surface area contributed by atoms with E-state index in [9.17, 15) is 4.79 Å². The highest BCUT2D eigenvalue weighted by Crippen LogP contribution is 2.39. The summed E-state index contributed by atoms with van der Waals surface area (Å²) in [5.74, 6) is 0. The van der Waals surface area contributed by atoms with Gasteiger partial charge in [0.1, 0.15) is 0 Å². The second-order valence-corrected chi connectivity index (χ2v) is 9.39. The van der Waals surface area contributed by atoms with Crippen molar-refractivity contribution in [3.8, 4) is 10.4 Å². The van der Waals surface area contributed by atoms with Crippen LogP contribution in [0.15, 0.2) is 36.5 Å². The molecule has 0 fully saturated rings. The standard InChI is InChI=1S/C23H24N6OS/c1-13-20(31-21(24)27-13)14-11-16(23(2,3)4)19-17(9-8-15-7-5-6-10-26-15)28-29(22(25)30)18(19)12-14/h5-12H,1-4H3,(H2,24,27)(H2,25,30)/b9-8+. The first-order valence-electron chi connectivity index (χ1n) is 9.84. The Morgan fingerprint density at radius 1 is 1.19 bits per heavy atom. The molecule has 1 aromatic carbocycles. The third kappa shape index (κ3) is 3.94. The van der Waals surface area contributed by atoms with E-state index in [1.54, 1.807) is 6.20 Å². The van der Waals surface area contributed by atoms with Crippen LogP contribution < -0.4 is 11.5 Å². The van der Waals surface area contributed by atoms with Crippen LogP contribution >= 0.6 is 11.3 Å². The number of hydrogen-bond acceptors (Lipinski definition) is 6. The van der Waals surface area contributed by atoms with Gasteiger partial charge in [0.2, 0.25) is 0 Å². The van der Waals surface area contributed by atoms with Crippen molar-refractivity contribution in [3.05, 3.63) is 59.2 Å². The van der Waals surface area contributed by atoms with Gasteiger partial charge in [0.15, 0.2) is 5.13 Å². The summed E-state index contributed by atoms with van der Waals surface area (Å²) >= 11 is 1.42. The number of primary amides is 1. The number of amides is 1. The molecule has 8 heteroatoms. The van der Waals surface area contributed by atoms with Crippen LogP contribution in [0.5, 0.6) is 0 Å². The van der Waals surface area contributed by atoms with Crippen molar-refractivity contribution in [3.63, 3.8) is 0 Å². The van der Waals surface area contributed by atoms with Crippen molar-refractivity contribution in [2.24, 2.45) is 5.73 Å². The normalized spacial score (nSPS) is 12.1. The first-order chi connectivity index (χ1) is 14.6. The Bertz CT molecular complexity index is 1310. The topological polar surface area (TPSA) is 113 Å². The summed E-state index contributed by atoms with van der Waals surface area (Å²) in [4.78, 5) is 21.9. The Balaban J connectivity index is 2.01. The third-order valence-electron chi connectivity index (χ3n) is 5.00. The minimum absolute atomic E-state index is 0.211. The number of aromatic nitrogens is 4. The fraction of sp³-hybridized carbons (Fsp3) is 0.217. The Kier molecular flexibility index (Phi) is 5.10. The summed E-state index contributed by atoms with van der Waals surface area (Å²) in [5, 5.41) is 5.92. The van der Waals surface area contributed by atoms with Gasteiger partial charge in [0, 0.05) is 11.6 Å². The first kappa shape index (κ1) is 20.7. The third-order valence-corrected chi connectivity index (χ3v) is 6.04. The van der Waals surface area contributed by atoms with Gasteiger partial charge in [-0.1, -0.05) is 38.2 Å². The van der Waals surface area contributed by atoms with Crippen molar-refractivity contribution >= 4 is 45.6 Å². The fourth-order valence-electron chi connectivity index (χ4n) is 3.61. The molecule has 3 heterocycles. The molecule has 31 heavy (non-hydrogen) atoms. The van der Waals surface area contributed by atoms with Gasteiger partial charge in [-0.25, -0.2) is 9.78 Å². The molecule has 4 N–H and O–H groups in total. The van der Waals surface area contributed by atoms with Crippen LogP contribution in [0.25, 0.3) is 33.5 Å². The summed E-state index contributed by atoms with van der Waals surface area (Å²) in [6.07, 6.45) is 5.48. The quantitative estimate of drug-likeness (QED) is 0.481. The number of hydrogen-bond donors (Lipinski definition) is 2. The average molecular weight is 433 g/mol. The van der Waals surface area contributed by atoms with Crippen LogP contribution in [0.2, 0.25) is 0 Å². The van der Waals surface area contributed by atoms with Crippen LogP contribution in [0.1, 0.15) is 43.4 Å². The van der Waals surface area contributed by atoms with Crippen LogP contribution in [-0.2, 0) is 5.41 Å². The van der Waals surface area contributed by atoms with Crippen molar-refractivity contribution in [2.45, 2.75) is 33.1 Å². The van der Waals surface area contributed by atoms with Gasteiger partial charge in [-0.15, -0.1) is 0 Å². The van der Waals surface area contributed by atoms with Gasteiger partial charge in [0.25, 0.3) is 0 Å². The predicted octanol–water partition coefficient (Wildman–Crippen LogP) is 4.84. The molecule has 0 atom stereocenters. The van der Waals surface area contributed by atoms with Crippen molar-refractivity contribution in [1.82, 2.24) is 19.7 Å². The highest BCUT2D eigenvalue weighted by Gasteiger charge is 2.25. The molecule has 3 aromatic heterocycles. The van der Waals surface area contributed by atoms with Crippen molar-refractivity contribution in [1.29, 1.82) is 0 Å². The lowest BCUT2D eigenvalue weighted by atomic mass is 9.83. The molecule has 158 valence electrons. The molecule has 0 aliphatic carbocycles. The Labute approximate surface area is 184 Å². The van der Waals surface area contributed by atoms with Crippen LogP contribution in [-0.4, -0.2) is 25.8 Å². The maximum Gasteiger partial charge on any atom is 0.340 e. The van der Waals surface area contributed by atoms with Crippen LogP contribution in [0.4, 0.5) is 9.93 Å². The molecule has 7 nitrogen and oxygen atoms in total. The molecule has 0 unspecified atom stereocenters. The van der Waals surface area contributed by atoms with Gasteiger partial charge in [-0.05, 0) is 59.9 Å². The Morgan fingerprint density at radius 2 is 1.97 bits per heavy atom. The van der Waals surface area contributed by atoms with E-state index in [1.807, 2.05) is 43.3 Å². The molecule has 0 bridgehead atoms. The number of pyridine rings is 1. The molecule has 0 saturated carbocycles. The van der Waals surface area contributed by atoms with E-state index in [0.29, 0.717) is 16.3 Å². The maximum absolute atomic E-state index is 12.2. The lowest BCUT2D eigenvalue weighted by molar-refractivity contribution is 0.248. The lowest BCUT2D eigenvalue weighted by Gasteiger charge is -2.21. The number of carbonyl (C=O) groups excluding carboxylic acids is 1. The van der Waals surface area contributed by atoms with E-state index in [-0.39, 0.29) is 5.41 Å².